The van der Waals surface area contributed by atoms with Gasteiger partial charge in [-0.1, -0.05) is 44.0 Å². The zero-order valence-corrected chi connectivity index (χ0v) is 22.1. The van der Waals surface area contributed by atoms with Gasteiger partial charge in [0.1, 0.15) is 19.2 Å². The molecule has 2 saturated heterocycles. The molecule has 1 amide bonds. The first kappa shape index (κ1) is 15.5. The van der Waals surface area contributed by atoms with Crippen molar-refractivity contribution in [2.45, 2.75) is 56.0 Å². The molecule has 0 unspecified atom stereocenters. The van der Waals surface area contributed by atoms with Crippen LogP contribution in [0.25, 0.3) is 0 Å². The first-order chi connectivity index (χ1) is 25.8. The van der Waals surface area contributed by atoms with Crippen molar-refractivity contribution >= 4 is 16.1 Å². The van der Waals surface area contributed by atoms with Gasteiger partial charge in [-0.25, -0.2) is 13.2 Å². The van der Waals surface area contributed by atoms with Gasteiger partial charge in [-0.15, -0.1) is 0 Å². The van der Waals surface area contributed by atoms with E-state index in [1.807, 2.05) is 0 Å². The number of fused-ring (bicyclic) bond motifs is 2. The van der Waals surface area contributed by atoms with Gasteiger partial charge < -0.3 is 34.1 Å². The van der Waals surface area contributed by atoms with Gasteiger partial charge in [0.2, 0.25) is 10.0 Å². The van der Waals surface area contributed by atoms with Crippen LogP contribution in [-0.4, -0.2) is 87.8 Å². The van der Waals surface area contributed by atoms with E-state index in [9.17, 15) is 18.3 Å². The second-order valence-electron chi connectivity index (χ2n) is 9.16. The summed E-state index contributed by atoms with van der Waals surface area (Å²) in [6, 6.07) is 7.98. The molecule has 2 fully saturated rings. The Morgan fingerprint density at radius 2 is 2.02 bits per heavy atom. The van der Waals surface area contributed by atoms with Crippen molar-refractivity contribution in [3.8, 4) is 11.5 Å². The summed E-state index contributed by atoms with van der Waals surface area (Å²) in [5.41, 5.74) is 0.351. The molecular weight excluding hydrogens is 552 g/mol. The second-order valence-corrected chi connectivity index (χ2v) is 11.0. The first-order valence-corrected chi connectivity index (χ1v) is 13.8. The molecule has 0 radical (unpaired) electrons. The van der Waals surface area contributed by atoms with Crippen molar-refractivity contribution in [3.63, 3.8) is 0 Å². The van der Waals surface area contributed by atoms with Crippen LogP contribution >= 0.6 is 0 Å². The van der Waals surface area contributed by atoms with E-state index in [1.165, 1.54) is 12.1 Å². The predicted octanol–water partition coefficient (Wildman–Crippen LogP) is 2.56. The summed E-state index contributed by atoms with van der Waals surface area (Å²) in [5.74, 6) is -6.64. The molecule has 3 aliphatic rings. The fourth-order valence-electron chi connectivity index (χ4n) is 4.37. The maximum absolute atomic E-state index is 14.5. The number of aliphatic hydroxyl groups excluding tert-OH is 1. The monoisotopic (exact) mass is 606 g/mol. The predicted molar refractivity (Wildman–Crippen MR) is 148 cm³/mol. The van der Waals surface area contributed by atoms with E-state index in [-0.39, 0.29) is 13.0 Å². The average Bonchev–Trinajstić information content (AvgIpc) is 3.59. The summed E-state index contributed by atoms with van der Waals surface area (Å²) >= 11 is 0. The minimum atomic E-state index is -5.67. The molecule has 0 spiro atoms. The molecule has 41 heavy (non-hydrogen) atoms. The fraction of sp³-hybridized carbons (Fsp3) is 0.552. The largest absolute Gasteiger partial charge is 0.486 e. The van der Waals surface area contributed by atoms with Gasteiger partial charge in [-0.3, -0.25) is 0 Å². The molecule has 5 rings (SSSR count). The molecule has 2 N–H and O–H groups in total. The number of hydrogen-bond acceptors (Lipinski definition) is 9. The number of sulfonamides is 1. The highest BCUT2D eigenvalue weighted by molar-refractivity contribution is 7.89. The van der Waals surface area contributed by atoms with Crippen LogP contribution in [0.2, 0.25) is 0 Å². The normalized spacial score (nSPS) is 35.8. The standard InChI is InChI=1S/C29H38N2O9S/c1-19(2)16-31(41(34,35)21-8-9-25-26(15-21)37-13-12-36-25)17-24(32)23(14-20-6-4-3-5-7-20)30-29(33)40-27-18-39-28-22(27)10-11-38-28/h3-9,15,19,22-24,27-28,32H,10-14,16-18H2,1-2H3,(H,30,33)/t22-,23-,24+,27-,28+/m0/s1/i1D3,2D3,12D2,13D2,16D2,18D2,19D,27D. The van der Waals surface area contributed by atoms with Crippen molar-refractivity contribution < 1.29 is 63.9 Å². The van der Waals surface area contributed by atoms with Crippen LogP contribution in [0.4, 0.5) is 4.79 Å². The summed E-state index contributed by atoms with van der Waals surface area (Å²) in [6.45, 7) is -23.2. The third-order valence-electron chi connectivity index (χ3n) is 6.38. The van der Waals surface area contributed by atoms with Crippen molar-refractivity contribution in [3.05, 3.63) is 54.1 Å². The quantitative estimate of drug-likeness (QED) is 0.396. The molecule has 0 aromatic heterocycles. The van der Waals surface area contributed by atoms with E-state index in [0.717, 1.165) is 6.07 Å². The van der Waals surface area contributed by atoms with Gasteiger partial charge in [0.25, 0.3) is 0 Å². The Hall–Kier alpha value is -2.90. The first-order valence-electron chi connectivity index (χ1n) is 20.4. The Labute approximate surface area is 263 Å². The number of hydrogen-bond donors (Lipinski definition) is 2. The molecule has 0 aliphatic carbocycles. The molecule has 2 aromatic rings. The highest BCUT2D eigenvalue weighted by Gasteiger charge is 2.44. The number of nitrogens with zero attached hydrogens (tertiary/aromatic N) is 1. The number of benzene rings is 2. The van der Waals surface area contributed by atoms with Crippen molar-refractivity contribution in [1.82, 2.24) is 9.62 Å². The molecule has 11 nitrogen and oxygen atoms in total. The Bertz CT molecular complexity index is 1920. The lowest BCUT2D eigenvalue weighted by molar-refractivity contribution is -0.0907. The van der Waals surface area contributed by atoms with Gasteiger partial charge in [0, 0.05) is 31.4 Å². The van der Waals surface area contributed by atoms with Crippen LogP contribution in [0.15, 0.2) is 53.4 Å². The summed E-state index contributed by atoms with van der Waals surface area (Å²) in [4.78, 5) is 12.4. The van der Waals surface area contributed by atoms with Crippen molar-refractivity contribution in [2.24, 2.45) is 11.8 Å². The van der Waals surface area contributed by atoms with E-state index in [0.29, 0.717) is 17.7 Å². The Balaban J connectivity index is 1.58. The van der Waals surface area contributed by atoms with E-state index >= 15 is 0 Å². The van der Waals surface area contributed by atoms with E-state index in [1.54, 1.807) is 18.2 Å². The molecule has 5 atom stereocenters. The van der Waals surface area contributed by atoms with Crippen LogP contribution in [0, 0.1) is 11.8 Å². The van der Waals surface area contributed by atoms with Crippen LogP contribution in [0.5, 0.6) is 11.5 Å². The van der Waals surface area contributed by atoms with Gasteiger partial charge in [-0.2, -0.15) is 4.31 Å². The number of alkyl carbamates (subject to hydrolysis) is 1. The number of aliphatic hydroxyl groups is 1. The fourth-order valence-corrected chi connectivity index (χ4v) is 5.68. The minimum Gasteiger partial charge on any atom is -0.486 e. The van der Waals surface area contributed by atoms with Gasteiger partial charge in [0.15, 0.2) is 17.8 Å². The summed E-state index contributed by atoms with van der Waals surface area (Å²) in [5, 5.41) is 14.0. The van der Waals surface area contributed by atoms with Crippen LogP contribution in [0.1, 0.15) is 47.6 Å². The lowest BCUT2D eigenvalue weighted by Crippen LogP contribution is -2.51. The maximum atomic E-state index is 14.5. The maximum Gasteiger partial charge on any atom is 0.407 e. The summed E-state index contributed by atoms with van der Waals surface area (Å²) < 4.78 is 185. The number of rotatable bonds is 11. The van der Waals surface area contributed by atoms with Crippen LogP contribution < -0.4 is 14.8 Å². The highest BCUT2D eigenvalue weighted by Crippen LogP contribution is 2.34. The molecule has 0 bridgehead atoms. The van der Waals surface area contributed by atoms with Crippen molar-refractivity contribution in [1.29, 1.82) is 0 Å². The second kappa shape index (κ2) is 13.0. The lowest BCUT2D eigenvalue weighted by atomic mass is 10.0. The zero-order chi connectivity index (χ0) is 43.0. The van der Waals surface area contributed by atoms with E-state index < -0.39 is 126 Å². The number of ether oxygens (including phenoxy) is 5. The Morgan fingerprint density at radius 1 is 1.24 bits per heavy atom. The Morgan fingerprint density at radius 3 is 2.80 bits per heavy atom. The van der Waals surface area contributed by atoms with Gasteiger partial charge >= 0.3 is 6.09 Å². The van der Waals surface area contributed by atoms with Crippen LogP contribution in [-0.2, 0) is 30.7 Å². The SMILES string of the molecule is [2H]C([2H])([2H])C([2H])(C([2H])([2H])[2H])C([2H])([2H])N(C[C@@H](O)[C@H](Cc1ccccc1)NC(=O)O[C@]1([2H])[C@@H]2CCO[C@@H]2OC1([2H])[2H])S(=O)(=O)c1ccc2c(c1)OC([2H])([2H])C([2H])([2H])O2. The third kappa shape index (κ3) is 7.12. The molecule has 224 valence electrons. The lowest BCUT2D eigenvalue weighted by Gasteiger charge is -2.31. The Kier molecular flexibility index (Phi) is 4.91. The molecule has 0 saturated carbocycles. The smallest absolute Gasteiger partial charge is 0.407 e. The van der Waals surface area contributed by atoms with Crippen molar-refractivity contribution in [2.75, 3.05) is 39.3 Å². The average molecular weight is 607 g/mol. The van der Waals surface area contributed by atoms with E-state index in [4.69, 9.17) is 45.6 Å². The molecule has 2 aromatic carbocycles. The number of carbonyl (C=O) groups excluding carboxylic acids is 1. The summed E-state index contributed by atoms with van der Waals surface area (Å²) in [7, 11) is -5.67. The van der Waals surface area contributed by atoms with E-state index in [2.05, 4.69) is 5.32 Å². The number of carbonyl (C=O) groups is 1. The number of amides is 1. The summed E-state index contributed by atoms with van der Waals surface area (Å²) in [6.07, 6.45) is -8.17. The topological polar surface area (TPSA) is 133 Å². The molecular formula is C29H38N2O9S. The van der Waals surface area contributed by atoms with Gasteiger partial charge in [-0.05, 0) is 36.4 Å². The van der Waals surface area contributed by atoms with Crippen LogP contribution in [0.3, 0.4) is 0 Å². The minimum absolute atomic E-state index is 0.0500. The van der Waals surface area contributed by atoms with Gasteiger partial charge in [0.05, 0.1) is 45.7 Å². The molecule has 3 heterocycles. The molecule has 3 aliphatic heterocycles. The third-order valence-corrected chi connectivity index (χ3v) is 8.05. The zero-order valence-electron chi connectivity index (χ0n) is 37.3. The molecule has 12 heteroatoms. The number of nitrogens with one attached hydrogen (secondary N) is 1. The highest BCUT2D eigenvalue weighted by atomic mass is 32.2.